The van der Waals surface area contributed by atoms with Crippen LogP contribution in [0.25, 0.3) is 22.7 Å². The van der Waals surface area contributed by atoms with Crippen molar-refractivity contribution in [3.8, 4) is 17.5 Å². The fraction of sp³-hybridized carbons (Fsp3) is 0.333. The normalized spacial score (nSPS) is 17.9. The van der Waals surface area contributed by atoms with Crippen LogP contribution >= 0.6 is 0 Å². The molecule has 9 nitrogen and oxygen atoms in total. The summed E-state index contributed by atoms with van der Waals surface area (Å²) in [5.74, 6) is -0.914. The van der Waals surface area contributed by atoms with E-state index in [2.05, 4.69) is 25.5 Å². The maximum absolute atomic E-state index is 15.2. The Balaban J connectivity index is 1.28. The average molecular weight is 483 g/mol. The molecule has 1 fully saturated rings. The molecule has 0 amide bonds. The van der Waals surface area contributed by atoms with Gasteiger partial charge >= 0.3 is 12.0 Å². The highest BCUT2D eigenvalue weighted by atomic mass is 19.1. The molecule has 2 aromatic carbocycles. The number of hydrogen-bond donors (Lipinski definition) is 2. The van der Waals surface area contributed by atoms with Crippen LogP contribution in [0.2, 0.25) is 0 Å². The fourth-order valence-corrected chi connectivity index (χ4v) is 4.10. The highest BCUT2D eigenvalue weighted by Gasteiger charge is 2.29. The van der Waals surface area contributed by atoms with Gasteiger partial charge in [0.25, 0.3) is 5.89 Å². The number of benzene rings is 2. The molecule has 2 heterocycles. The number of ether oxygens (including phenoxy) is 2. The molecule has 35 heavy (non-hydrogen) atoms. The van der Waals surface area contributed by atoms with E-state index in [0.29, 0.717) is 43.5 Å². The largest absolute Gasteiger partial charge is 0.487 e. The van der Waals surface area contributed by atoms with E-state index in [-0.39, 0.29) is 52.8 Å². The predicted molar refractivity (Wildman–Crippen MR) is 122 cm³/mol. The number of halogens is 2. The number of nitrogens with zero attached hydrogens (tertiary/aromatic N) is 3. The Morgan fingerprint density at radius 3 is 2.63 bits per heavy atom. The molecule has 0 atom stereocenters. The molecule has 182 valence electrons. The lowest BCUT2D eigenvalue weighted by molar-refractivity contribution is -0.149. The van der Waals surface area contributed by atoms with Gasteiger partial charge in [-0.15, -0.1) is 5.10 Å². The smallest absolute Gasteiger partial charge is 0.320 e. The molecule has 2 aromatic heterocycles. The maximum atomic E-state index is 15.2. The Hall–Kier alpha value is -4.02. The van der Waals surface area contributed by atoms with Crippen LogP contribution in [0, 0.1) is 17.6 Å². The summed E-state index contributed by atoms with van der Waals surface area (Å²) in [6.45, 7) is 2.15. The van der Waals surface area contributed by atoms with E-state index in [1.165, 1.54) is 24.3 Å². The van der Waals surface area contributed by atoms with E-state index < -0.39 is 5.82 Å². The summed E-state index contributed by atoms with van der Waals surface area (Å²) in [6.07, 6.45) is 2.37. The first-order valence-corrected chi connectivity index (χ1v) is 11.4. The van der Waals surface area contributed by atoms with Gasteiger partial charge in [-0.2, -0.15) is 0 Å². The Bertz CT molecular complexity index is 1330. The lowest BCUT2D eigenvalue weighted by Crippen LogP contribution is -2.29. The van der Waals surface area contributed by atoms with Gasteiger partial charge in [0.1, 0.15) is 11.3 Å². The summed E-state index contributed by atoms with van der Waals surface area (Å²) in [6, 6.07) is 8.95. The second kappa shape index (κ2) is 9.69. The van der Waals surface area contributed by atoms with Crippen molar-refractivity contribution in [1.82, 2.24) is 20.2 Å². The van der Waals surface area contributed by atoms with E-state index in [1.54, 1.807) is 19.1 Å². The van der Waals surface area contributed by atoms with Gasteiger partial charge < -0.3 is 24.2 Å². The van der Waals surface area contributed by atoms with Crippen molar-refractivity contribution in [2.24, 2.45) is 5.92 Å². The van der Waals surface area contributed by atoms with Gasteiger partial charge in [-0.05, 0) is 69.0 Å². The van der Waals surface area contributed by atoms with Gasteiger partial charge in [0.15, 0.2) is 17.4 Å². The van der Waals surface area contributed by atoms with Crippen LogP contribution in [0.1, 0.15) is 32.6 Å². The first kappa shape index (κ1) is 22.8. The average Bonchev–Trinajstić information content (AvgIpc) is 3.50. The van der Waals surface area contributed by atoms with Crippen molar-refractivity contribution in [3.63, 3.8) is 0 Å². The van der Waals surface area contributed by atoms with Gasteiger partial charge in [0.2, 0.25) is 0 Å². The summed E-state index contributed by atoms with van der Waals surface area (Å²) in [5.41, 5.74) is 1.10. The van der Waals surface area contributed by atoms with Gasteiger partial charge in [-0.25, -0.2) is 13.8 Å². The summed E-state index contributed by atoms with van der Waals surface area (Å²) in [5, 5.41) is 10.7. The zero-order chi connectivity index (χ0) is 24.4. The minimum Gasteiger partial charge on any atom is -0.487 e. The molecule has 11 heteroatoms. The number of esters is 1. The summed E-state index contributed by atoms with van der Waals surface area (Å²) < 4.78 is 44.8. The third-order valence-electron chi connectivity index (χ3n) is 5.87. The summed E-state index contributed by atoms with van der Waals surface area (Å²) >= 11 is 0. The van der Waals surface area contributed by atoms with Crippen LogP contribution in [0.15, 0.2) is 40.8 Å². The lowest BCUT2D eigenvalue weighted by Gasteiger charge is -2.27. The molecule has 0 unspecified atom stereocenters. The molecule has 0 saturated heterocycles. The molecule has 2 N–H and O–H groups in total. The zero-order valence-electron chi connectivity index (χ0n) is 18.9. The van der Waals surface area contributed by atoms with E-state index >= 15 is 4.39 Å². The van der Waals surface area contributed by atoms with Crippen molar-refractivity contribution < 1.29 is 27.5 Å². The van der Waals surface area contributed by atoms with E-state index in [9.17, 15) is 9.18 Å². The molecular weight excluding hydrogens is 460 g/mol. The van der Waals surface area contributed by atoms with E-state index in [1.807, 2.05) is 0 Å². The first-order chi connectivity index (χ1) is 17.0. The number of H-pyrrole nitrogens is 1. The summed E-state index contributed by atoms with van der Waals surface area (Å²) in [7, 11) is 0. The predicted octanol–water partition coefficient (Wildman–Crippen LogP) is 5.14. The van der Waals surface area contributed by atoms with Crippen molar-refractivity contribution in [2.45, 2.75) is 38.7 Å². The van der Waals surface area contributed by atoms with Gasteiger partial charge in [0, 0.05) is 5.69 Å². The highest BCUT2D eigenvalue weighted by molar-refractivity contribution is 5.80. The number of fused-ring (bicyclic) bond motifs is 1. The number of aromatic amines is 1. The molecule has 0 spiro atoms. The number of hydrogen-bond acceptors (Lipinski definition) is 8. The molecular formula is C24H23F2N5O4. The molecule has 1 aliphatic rings. The monoisotopic (exact) mass is 483 g/mol. The number of carbonyl (C=O) groups is 1. The highest BCUT2D eigenvalue weighted by Crippen LogP contribution is 2.32. The third-order valence-corrected chi connectivity index (χ3v) is 5.87. The molecule has 0 radical (unpaired) electrons. The first-order valence-electron chi connectivity index (χ1n) is 11.4. The van der Waals surface area contributed by atoms with Crippen molar-refractivity contribution in [2.75, 3.05) is 11.9 Å². The number of nitrogens with one attached hydrogen (secondary N) is 2. The molecule has 0 aliphatic heterocycles. The Labute approximate surface area is 198 Å². The zero-order valence-corrected chi connectivity index (χ0v) is 18.9. The number of anilines is 2. The van der Waals surface area contributed by atoms with Crippen LogP contribution < -0.4 is 10.1 Å². The molecule has 0 bridgehead atoms. The van der Waals surface area contributed by atoms with Crippen LogP contribution in [0.3, 0.4) is 0 Å². The molecule has 1 aliphatic carbocycles. The number of imidazole rings is 1. The minimum absolute atomic E-state index is 0.0602. The Morgan fingerprint density at radius 2 is 1.89 bits per heavy atom. The topological polar surface area (TPSA) is 115 Å². The van der Waals surface area contributed by atoms with Crippen LogP contribution in [-0.2, 0) is 9.53 Å². The van der Waals surface area contributed by atoms with E-state index in [4.69, 9.17) is 13.9 Å². The Kier molecular flexibility index (Phi) is 6.30. The van der Waals surface area contributed by atoms with E-state index in [0.717, 1.165) is 0 Å². The van der Waals surface area contributed by atoms with Gasteiger partial charge in [-0.1, -0.05) is 5.10 Å². The van der Waals surface area contributed by atoms with Gasteiger partial charge in [0.05, 0.1) is 24.1 Å². The Morgan fingerprint density at radius 1 is 1.11 bits per heavy atom. The molecule has 5 rings (SSSR count). The fourth-order valence-electron chi connectivity index (χ4n) is 4.10. The minimum atomic E-state index is -0.596. The SMILES string of the molecule is CCOC(=O)C1CCC(Oc2ccc3[nH]c(-c4nnc(Nc5ccc(F)cc5)o4)nc3c2F)CC1. The van der Waals surface area contributed by atoms with Crippen LogP contribution in [-0.4, -0.2) is 38.8 Å². The molecule has 1 saturated carbocycles. The van der Waals surface area contributed by atoms with Gasteiger partial charge in [-0.3, -0.25) is 4.79 Å². The number of aromatic nitrogens is 4. The standard InChI is InChI=1S/C24H23F2N5O4/c1-2-33-23(32)13-3-9-16(10-4-13)34-18-12-11-17-20(19(18)26)29-21(28-17)22-30-31-24(35-22)27-15-7-5-14(25)6-8-15/h5-8,11-13,16H,2-4,9-10H2,1H3,(H,27,31)(H,28,29). The number of rotatable bonds is 7. The van der Waals surface area contributed by atoms with Crippen LogP contribution in [0.4, 0.5) is 20.5 Å². The van der Waals surface area contributed by atoms with Crippen molar-refractivity contribution in [3.05, 3.63) is 48.0 Å². The second-order valence-electron chi connectivity index (χ2n) is 8.25. The third kappa shape index (κ3) is 4.93. The maximum Gasteiger partial charge on any atom is 0.320 e. The quantitative estimate of drug-likeness (QED) is 0.348. The van der Waals surface area contributed by atoms with Crippen molar-refractivity contribution in [1.29, 1.82) is 0 Å². The van der Waals surface area contributed by atoms with Crippen molar-refractivity contribution >= 4 is 28.7 Å². The molecule has 4 aromatic rings. The lowest BCUT2D eigenvalue weighted by atomic mass is 9.87. The second-order valence-corrected chi connectivity index (χ2v) is 8.25. The van der Waals surface area contributed by atoms with Crippen LogP contribution in [0.5, 0.6) is 5.75 Å². The number of carbonyl (C=O) groups excluding carboxylic acids is 1. The summed E-state index contributed by atoms with van der Waals surface area (Å²) in [4.78, 5) is 19.2.